The van der Waals surface area contributed by atoms with Crippen molar-refractivity contribution < 1.29 is 9.53 Å². The van der Waals surface area contributed by atoms with Gasteiger partial charge in [-0.3, -0.25) is 18.7 Å². The van der Waals surface area contributed by atoms with Crippen LogP contribution in [0.2, 0.25) is 0 Å². The molecule has 41 heavy (non-hydrogen) atoms. The van der Waals surface area contributed by atoms with Gasteiger partial charge in [-0.1, -0.05) is 67.7 Å². The Morgan fingerprint density at radius 2 is 1.46 bits per heavy atom. The van der Waals surface area contributed by atoms with Crippen molar-refractivity contribution in [3.05, 3.63) is 87.9 Å². The monoisotopic (exact) mass is 564 g/mol. The third kappa shape index (κ3) is 12.2. The summed E-state index contributed by atoms with van der Waals surface area (Å²) in [6, 6.07) is 0. The lowest BCUT2D eigenvalue weighted by molar-refractivity contribution is -0.148. The predicted octanol–water partition coefficient (Wildman–Crippen LogP) is 6.46. The van der Waals surface area contributed by atoms with Crippen molar-refractivity contribution in [2.24, 2.45) is 14.1 Å². The number of unbranched alkanes of at least 4 members (excludes halogenated alkanes) is 2. The predicted molar refractivity (Wildman–Crippen MR) is 168 cm³/mol. The highest BCUT2D eigenvalue weighted by Gasteiger charge is 2.15. The van der Waals surface area contributed by atoms with Gasteiger partial charge in [-0.25, -0.2) is 9.78 Å². The van der Waals surface area contributed by atoms with Crippen LogP contribution < -0.4 is 11.2 Å². The third-order valence-corrected chi connectivity index (χ3v) is 6.69. The molecule has 8 nitrogen and oxygen atoms in total. The van der Waals surface area contributed by atoms with E-state index in [0.717, 1.165) is 51.4 Å². The summed E-state index contributed by atoms with van der Waals surface area (Å²) in [6.45, 7) is 4.35. The minimum Gasteiger partial charge on any atom is -0.463 e. The Morgan fingerprint density at radius 1 is 0.878 bits per heavy atom. The fourth-order valence-corrected chi connectivity index (χ4v) is 4.37. The van der Waals surface area contributed by atoms with Gasteiger partial charge in [-0.05, 0) is 71.1 Å². The molecule has 0 N–H and O–H groups in total. The van der Waals surface area contributed by atoms with Crippen LogP contribution in [0.4, 0.5) is 0 Å². The summed E-state index contributed by atoms with van der Waals surface area (Å²) in [6.07, 6.45) is 32.1. The standard InChI is InChI=1S/C33H48N4O4/c1-5-6-7-8-9-10-11-12-13-14-15-16-17-18-19-20-21-25-29(38)41-28(2)24-22-23-26-37-32(39)30-31(34-27-35(30)3)36(4)33(37)40/h6-7,9-10,12-13,15-16,18-19,27-28H,5,8,11,14,17,20-26H2,1-4H3/t28-/m1/s1. The maximum atomic E-state index is 12.8. The molecule has 0 saturated carbocycles. The number of aromatic nitrogens is 4. The Balaban J connectivity index is 1.54. The molecular weight excluding hydrogens is 516 g/mol. The Morgan fingerprint density at radius 3 is 2.07 bits per heavy atom. The van der Waals surface area contributed by atoms with E-state index >= 15 is 0 Å². The molecule has 0 bridgehead atoms. The van der Waals surface area contributed by atoms with Crippen LogP contribution in [0.15, 0.2) is 76.7 Å². The van der Waals surface area contributed by atoms with E-state index in [4.69, 9.17) is 4.74 Å². The van der Waals surface area contributed by atoms with Gasteiger partial charge in [0, 0.05) is 27.1 Å². The molecule has 224 valence electrons. The molecule has 0 amide bonds. The van der Waals surface area contributed by atoms with E-state index in [1.165, 1.54) is 15.5 Å². The number of fused-ring (bicyclic) bond motifs is 1. The highest BCUT2D eigenvalue weighted by atomic mass is 16.5. The van der Waals surface area contributed by atoms with Crippen LogP contribution in [0.3, 0.4) is 0 Å². The van der Waals surface area contributed by atoms with E-state index in [9.17, 15) is 14.4 Å². The second kappa shape index (κ2) is 19.4. The zero-order valence-electron chi connectivity index (χ0n) is 25.3. The number of carbonyl (C=O) groups excluding carboxylic acids is 1. The summed E-state index contributed by atoms with van der Waals surface area (Å²) in [4.78, 5) is 41.6. The van der Waals surface area contributed by atoms with Gasteiger partial charge in [0.1, 0.15) is 0 Å². The molecule has 2 aromatic heterocycles. The van der Waals surface area contributed by atoms with Crippen LogP contribution in [0, 0.1) is 0 Å². The molecule has 2 heterocycles. The van der Waals surface area contributed by atoms with Gasteiger partial charge in [0.2, 0.25) is 0 Å². The summed E-state index contributed by atoms with van der Waals surface area (Å²) in [5.41, 5.74) is 0.114. The largest absolute Gasteiger partial charge is 0.463 e. The fraction of sp³-hybridized carbons (Fsp3) is 0.515. The first-order valence-corrected chi connectivity index (χ1v) is 14.9. The lowest BCUT2D eigenvalue weighted by Crippen LogP contribution is -2.39. The quantitative estimate of drug-likeness (QED) is 0.111. The zero-order valence-corrected chi connectivity index (χ0v) is 25.3. The first kappa shape index (κ1) is 33.5. The van der Waals surface area contributed by atoms with Crippen molar-refractivity contribution >= 4 is 17.1 Å². The summed E-state index contributed by atoms with van der Waals surface area (Å²) in [5, 5.41) is 0. The van der Waals surface area contributed by atoms with E-state index in [2.05, 4.69) is 72.7 Å². The van der Waals surface area contributed by atoms with Gasteiger partial charge in [0.05, 0.1) is 12.4 Å². The minimum absolute atomic E-state index is 0.184. The molecule has 0 aliphatic heterocycles. The molecule has 0 radical (unpaired) electrons. The molecule has 8 heteroatoms. The van der Waals surface area contributed by atoms with Crippen LogP contribution in [-0.2, 0) is 30.2 Å². The van der Waals surface area contributed by atoms with Gasteiger partial charge in [-0.15, -0.1) is 0 Å². The van der Waals surface area contributed by atoms with Gasteiger partial charge in [0.15, 0.2) is 11.2 Å². The Bertz CT molecular complexity index is 1340. The molecule has 0 aliphatic rings. The van der Waals surface area contributed by atoms with Crippen LogP contribution in [0.1, 0.15) is 84.5 Å². The number of imidazole rings is 1. The van der Waals surface area contributed by atoms with E-state index < -0.39 is 0 Å². The molecule has 0 aliphatic carbocycles. The number of ether oxygens (including phenoxy) is 1. The van der Waals surface area contributed by atoms with Gasteiger partial charge < -0.3 is 9.30 Å². The topological polar surface area (TPSA) is 88.1 Å². The molecule has 2 rings (SSSR count). The lowest BCUT2D eigenvalue weighted by Gasteiger charge is -2.13. The number of hydrogen-bond donors (Lipinski definition) is 0. The highest BCUT2D eigenvalue weighted by Crippen LogP contribution is 2.09. The smallest absolute Gasteiger partial charge is 0.332 e. The van der Waals surface area contributed by atoms with Crippen LogP contribution in [0.5, 0.6) is 0 Å². The van der Waals surface area contributed by atoms with E-state index in [1.807, 2.05) is 6.92 Å². The molecule has 0 fully saturated rings. The highest BCUT2D eigenvalue weighted by molar-refractivity contribution is 5.70. The maximum absolute atomic E-state index is 12.8. The van der Waals surface area contributed by atoms with Crippen molar-refractivity contribution in [2.75, 3.05) is 0 Å². The molecule has 2 aromatic rings. The van der Waals surface area contributed by atoms with E-state index in [0.29, 0.717) is 37.0 Å². The van der Waals surface area contributed by atoms with Crippen molar-refractivity contribution in [2.45, 2.75) is 97.1 Å². The number of esters is 1. The first-order chi connectivity index (χ1) is 19.9. The summed E-state index contributed by atoms with van der Waals surface area (Å²) in [7, 11) is 3.36. The van der Waals surface area contributed by atoms with Crippen molar-refractivity contribution in [3.8, 4) is 0 Å². The average Bonchev–Trinajstić information content (AvgIpc) is 3.34. The van der Waals surface area contributed by atoms with Crippen molar-refractivity contribution in [3.63, 3.8) is 0 Å². The number of rotatable bonds is 19. The van der Waals surface area contributed by atoms with Crippen molar-refractivity contribution in [1.29, 1.82) is 0 Å². The Labute approximate surface area is 244 Å². The van der Waals surface area contributed by atoms with E-state index in [1.54, 1.807) is 18.7 Å². The van der Waals surface area contributed by atoms with Gasteiger partial charge >= 0.3 is 11.7 Å². The maximum Gasteiger partial charge on any atom is 0.332 e. The van der Waals surface area contributed by atoms with Crippen LogP contribution >= 0.6 is 0 Å². The van der Waals surface area contributed by atoms with Crippen molar-refractivity contribution in [1.82, 2.24) is 18.7 Å². The Hall–Kier alpha value is -3.68. The molecule has 0 spiro atoms. The van der Waals surface area contributed by atoms with Crippen LogP contribution in [0.25, 0.3) is 11.2 Å². The zero-order chi connectivity index (χ0) is 29.9. The molecule has 0 unspecified atom stereocenters. The number of carbonyl (C=O) groups is 1. The summed E-state index contributed by atoms with van der Waals surface area (Å²) >= 11 is 0. The van der Waals surface area contributed by atoms with Gasteiger partial charge in [-0.2, -0.15) is 0 Å². The third-order valence-electron chi connectivity index (χ3n) is 6.69. The summed E-state index contributed by atoms with van der Waals surface area (Å²) < 4.78 is 9.83. The molecule has 0 aromatic carbocycles. The number of hydrogen-bond acceptors (Lipinski definition) is 5. The fourth-order valence-electron chi connectivity index (χ4n) is 4.37. The van der Waals surface area contributed by atoms with Gasteiger partial charge in [0.25, 0.3) is 5.56 Å². The SMILES string of the molecule is CCC=CCC=CCC=CCC=CCC=CCCCC(=O)O[C@H](C)CCCCn1c(=O)c2c(ncn2C)n(C)c1=O. The normalized spacial score (nSPS) is 13.3. The Kier molecular flexibility index (Phi) is 15.9. The molecule has 1 atom stereocenters. The molecule has 0 saturated heterocycles. The van der Waals surface area contributed by atoms with E-state index in [-0.39, 0.29) is 23.3 Å². The molecular formula is C33H48N4O4. The van der Waals surface area contributed by atoms with Crippen LogP contribution in [-0.4, -0.2) is 30.8 Å². The number of allylic oxidation sites excluding steroid dienone is 10. The number of aryl methyl sites for hydroxylation is 2. The average molecular weight is 565 g/mol. The minimum atomic E-state index is -0.367. The lowest BCUT2D eigenvalue weighted by atomic mass is 10.1. The second-order valence-electron chi connectivity index (χ2n) is 10.2. The first-order valence-electron chi connectivity index (χ1n) is 14.9. The second-order valence-corrected chi connectivity index (χ2v) is 10.2. The summed E-state index contributed by atoms with van der Waals surface area (Å²) in [5.74, 6) is -0.184. The number of nitrogens with zero attached hydrogens (tertiary/aromatic N) is 4.